The molecular weight excluding hydrogens is 146 g/mol. The fourth-order valence-electron chi connectivity index (χ4n) is 0.721. The SMILES string of the molecule is NCCCC(O)COCCO. The maximum atomic E-state index is 9.14. The van der Waals surface area contributed by atoms with Gasteiger partial charge in [0.05, 0.1) is 25.9 Å². The molecule has 0 fully saturated rings. The van der Waals surface area contributed by atoms with Gasteiger partial charge in [-0.15, -0.1) is 0 Å². The minimum Gasteiger partial charge on any atom is -0.394 e. The summed E-state index contributed by atoms with van der Waals surface area (Å²) in [6.45, 7) is 1.18. The molecule has 4 nitrogen and oxygen atoms in total. The number of ether oxygens (including phenoxy) is 1. The molecule has 1 atom stereocenters. The summed E-state index contributed by atoms with van der Waals surface area (Å²) in [5.74, 6) is 0. The molecule has 68 valence electrons. The van der Waals surface area contributed by atoms with E-state index in [2.05, 4.69) is 0 Å². The van der Waals surface area contributed by atoms with Crippen molar-refractivity contribution in [2.45, 2.75) is 18.9 Å². The summed E-state index contributed by atoms with van der Waals surface area (Å²) in [6, 6.07) is 0. The van der Waals surface area contributed by atoms with Crippen LogP contribution >= 0.6 is 0 Å². The summed E-state index contributed by atoms with van der Waals surface area (Å²) in [5, 5.41) is 17.5. The lowest BCUT2D eigenvalue weighted by atomic mass is 10.2. The number of aliphatic hydroxyl groups is 2. The molecule has 11 heavy (non-hydrogen) atoms. The summed E-state index contributed by atoms with van der Waals surface area (Å²) >= 11 is 0. The number of nitrogens with two attached hydrogens (primary N) is 1. The molecule has 0 aromatic heterocycles. The Kier molecular flexibility index (Phi) is 7.83. The van der Waals surface area contributed by atoms with Crippen molar-refractivity contribution < 1.29 is 14.9 Å². The predicted molar refractivity (Wildman–Crippen MR) is 42.2 cm³/mol. The molecule has 0 aliphatic rings. The van der Waals surface area contributed by atoms with Gasteiger partial charge in [-0.1, -0.05) is 0 Å². The molecule has 0 aliphatic heterocycles. The number of rotatable bonds is 7. The van der Waals surface area contributed by atoms with E-state index in [4.69, 9.17) is 20.7 Å². The largest absolute Gasteiger partial charge is 0.394 e. The summed E-state index contributed by atoms with van der Waals surface area (Å²) in [7, 11) is 0. The number of hydrogen-bond acceptors (Lipinski definition) is 4. The minimum atomic E-state index is -0.440. The van der Waals surface area contributed by atoms with Crippen molar-refractivity contribution >= 4 is 0 Å². The maximum absolute atomic E-state index is 9.14. The average Bonchev–Trinajstić information content (AvgIpc) is 2.01. The maximum Gasteiger partial charge on any atom is 0.0774 e. The third kappa shape index (κ3) is 7.74. The molecule has 0 aliphatic carbocycles. The Morgan fingerprint density at radius 3 is 2.73 bits per heavy atom. The van der Waals surface area contributed by atoms with Crippen molar-refractivity contribution in [3.05, 3.63) is 0 Å². The molecule has 0 heterocycles. The third-order valence-electron chi connectivity index (χ3n) is 1.29. The molecule has 0 spiro atoms. The van der Waals surface area contributed by atoms with Gasteiger partial charge in [-0.3, -0.25) is 0 Å². The molecule has 0 amide bonds. The van der Waals surface area contributed by atoms with Crippen LogP contribution in [-0.2, 0) is 4.74 Å². The standard InChI is InChI=1S/C7H17NO3/c8-3-1-2-7(10)6-11-5-4-9/h7,9-10H,1-6,8H2. The van der Waals surface area contributed by atoms with Crippen LogP contribution in [0.2, 0.25) is 0 Å². The normalized spacial score (nSPS) is 13.4. The third-order valence-corrected chi connectivity index (χ3v) is 1.29. The lowest BCUT2D eigenvalue weighted by Crippen LogP contribution is -2.17. The van der Waals surface area contributed by atoms with Crippen LogP contribution in [0.1, 0.15) is 12.8 Å². The molecule has 0 saturated heterocycles. The van der Waals surface area contributed by atoms with Crippen LogP contribution in [0.25, 0.3) is 0 Å². The fraction of sp³-hybridized carbons (Fsp3) is 1.00. The highest BCUT2D eigenvalue weighted by atomic mass is 16.5. The van der Waals surface area contributed by atoms with Crippen molar-refractivity contribution in [3.63, 3.8) is 0 Å². The van der Waals surface area contributed by atoms with E-state index in [1.54, 1.807) is 0 Å². The van der Waals surface area contributed by atoms with Crippen LogP contribution in [0, 0.1) is 0 Å². The fourth-order valence-corrected chi connectivity index (χ4v) is 0.721. The molecule has 0 aromatic carbocycles. The smallest absolute Gasteiger partial charge is 0.0774 e. The van der Waals surface area contributed by atoms with Crippen molar-refractivity contribution in [1.82, 2.24) is 0 Å². The van der Waals surface area contributed by atoms with Gasteiger partial charge >= 0.3 is 0 Å². The molecule has 0 aromatic rings. The summed E-state index contributed by atoms with van der Waals surface area (Å²) in [5.41, 5.74) is 5.24. The molecule has 0 bridgehead atoms. The highest BCUT2D eigenvalue weighted by molar-refractivity contribution is 4.53. The van der Waals surface area contributed by atoms with E-state index in [0.29, 0.717) is 26.2 Å². The van der Waals surface area contributed by atoms with Gasteiger partial charge in [-0.25, -0.2) is 0 Å². The van der Waals surface area contributed by atoms with Crippen LogP contribution in [0.5, 0.6) is 0 Å². The monoisotopic (exact) mass is 163 g/mol. The van der Waals surface area contributed by atoms with Crippen LogP contribution in [0.4, 0.5) is 0 Å². The topological polar surface area (TPSA) is 75.7 Å². The van der Waals surface area contributed by atoms with Crippen molar-refractivity contribution in [2.24, 2.45) is 5.73 Å². The van der Waals surface area contributed by atoms with Crippen LogP contribution < -0.4 is 5.73 Å². The summed E-state index contributed by atoms with van der Waals surface area (Å²) < 4.78 is 4.90. The van der Waals surface area contributed by atoms with E-state index >= 15 is 0 Å². The van der Waals surface area contributed by atoms with Crippen molar-refractivity contribution in [3.8, 4) is 0 Å². The molecule has 0 saturated carbocycles. The Labute approximate surface area is 67.0 Å². The Morgan fingerprint density at radius 2 is 2.18 bits per heavy atom. The molecule has 4 heteroatoms. The van der Waals surface area contributed by atoms with E-state index < -0.39 is 6.10 Å². The Morgan fingerprint density at radius 1 is 1.45 bits per heavy atom. The van der Waals surface area contributed by atoms with Gasteiger partial charge in [0.1, 0.15) is 0 Å². The second kappa shape index (κ2) is 7.94. The quantitative estimate of drug-likeness (QED) is 0.425. The lowest BCUT2D eigenvalue weighted by molar-refractivity contribution is 0.0175. The second-order valence-electron chi connectivity index (χ2n) is 2.38. The Balaban J connectivity index is 3.02. The average molecular weight is 163 g/mol. The van der Waals surface area contributed by atoms with Gasteiger partial charge in [0, 0.05) is 0 Å². The van der Waals surface area contributed by atoms with Crippen molar-refractivity contribution in [1.29, 1.82) is 0 Å². The zero-order valence-electron chi connectivity index (χ0n) is 6.70. The first-order chi connectivity index (χ1) is 5.31. The van der Waals surface area contributed by atoms with Crippen molar-refractivity contribution in [2.75, 3.05) is 26.4 Å². The zero-order valence-corrected chi connectivity index (χ0v) is 6.70. The summed E-state index contributed by atoms with van der Waals surface area (Å²) in [4.78, 5) is 0. The van der Waals surface area contributed by atoms with E-state index in [1.807, 2.05) is 0 Å². The predicted octanol–water partition coefficient (Wildman–Crippen LogP) is -0.905. The second-order valence-corrected chi connectivity index (χ2v) is 2.38. The van der Waals surface area contributed by atoms with Gasteiger partial charge in [-0.05, 0) is 19.4 Å². The van der Waals surface area contributed by atoms with Gasteiger partial charge in [0.15, 0.2) is 0 Å². The van der Waals surface area contributed by atoms with E-state index in [1.165, 1.54) is 0 Å². The molecule has 1 unspecified atom stereocenters. The first kappa shape index (κ1) is 10.8. The lowest BCUT2D eigenvalue weighted by Gasteiger charge is -2.09. The van der Waals surface area contributed by atoms with E-state index in [9.17, 15) is 0 Å². The highest BCUT2D eigenvalue weighted by Crippen LogP contribution is 1.95. The first-order valence-electron chi connectivity index (χ1n) is 3.88. The van der Waals surface area contributed by atoms with Crippen LogP contribution in [-0.4, -0.2) is 42.7 Å². The zero-order chi connectivity index (χ0) is 8.53. The molecule has 0 radical (unpaired) electrons. The van der Waals surface area contributed by atoms with Crippen LogP contribution in [0.15, 0.2) is 0 Å². The Bertz CT molecular complexity index is 80.1. The molecule has 4 N–H and O–H groups in total. The first-order valence-corrected chi connectivity index (χ1v) is 3.88. The van der Waals surface area contributed by atoms with E-state index in [0.717, 1.165) is 6.42 Å². The minimum absolute atomic E-state index is 0.00358. The molecular formula is C7H17NO3. The van der Waals surface area contributed by atoms with Gasteiger partial charge < -0.3 is 20.7 Å². The highest BCUT2D eigenvalue weighted by Gasteiger charge is 2.01. The number of aliphatic hydroxyl groups excluding tert-OH is 2. The van der Waals surface area contributed by atoms with Gasteiger partial charge in [0.25, 0.3) is 0 Å². The summed E-state index contributed by atoms with van der Waals surface area (Å²) in [6.07, 6.45) is 1.04. The number of hydrogen-bond donors (Lipinski definition) is 3. The molecule has 0 rings (SSSR count). The van der Waals surface area contributed by atoms with Gasteiger partial charge in [-0.2, -0.15) is 0 Å². The van der Waals surface area contributed by atoms with Gasteiger partial charge in [0.2, 0.25) is 0 Å². The van der Waals surface area contributed by atoms with Crippen LogP contribution in [0.3, 0.4) is 0 Å². The Hall–Kier alpha value is -0.160. The van der Waals surface area contributed by atoms with E-state index in [-0.39, 0.29) is 6.61 Å².